The third-order valence-electron chi connectivity index (χ3n) is 5.99. The minimum Gasteiger partial charge on any atom is -0.490 e. The van der Waals surface area contributed by atoms with Crippen LogP contribution in [0.3, 0.4) is 0 Å². The highest BCUT2D eigenvalue weighted by Crippen LogP contribution is 2.41. The van der Waals surface area contributed by atoms with Gasteiger partial charge in [-0.3, -0.25) is 4.98 Å². The zero-order chi connectivity index (χ0) is 21.5. The van der Waals surface area contributed by atoms with Crippen molar-refractivity contribution in [3.63, 3.8) is 0 Å². The molecular formula is C23H23FN4O3. The topological polar surface area (TPSA) is 87.6 Å². The van der Waals surface area contributed by atoms with Crippen LogP contribution < -0.4 is 15.0 Å². The Hall–Kier alpha value is -3.42. The van der Waals surface area contributed by atoms with E-state index in [0.717, 1.165) is 24.9 Å². The average molecular weight is 422 g/mol. The number of rotatable bonds is 1. The number of pyridine rings is 2. The van der Waals surface area contributed by atoms with Gasteiger partial charge >= 0.3 is 5.97 Å². The van der Waals surface area contributed by atoms with E-state index in [1.807, 2.05) is 19.1 Å². The molecule has 0 aliphatic carbocycles. The molecule has 2 aliphatic rings. The van der Waals surface area contributed by atoms with E-state index in [2.05, 4.69) is 15.2 Å². The number of aromatic carboxylic acids is 1. The number of carboxylic acid groups (broad SMARTS) is 1. The maximum Gasteiger partial charge on any atom is 0.339 e. The predicted molar refractivity (Wildman–Crippen MR) is 115 cm³/mol. The van der Waals surface area contributed by atoms with Crippen molar-refractivity contribution in [2.24, 2.45) is 0 Å². The third kappa shape index (κ3) is 3.52. The van der Waals surface area contributed by atoms with Crippen molar-refractivity contribution < 1.29 is 19.0 Å². The lowest BCUT2D eigenvalue weighted by Crippen LogP contribution is -2.24. The van der Waals surface area contributed by atoms with Crippen LogP contribution in [0.15, 0.2) is 36.5 Å². The van der Waals surface area contributed by atoms with Crippen molar-refractivity contribution in [2.45, 2.75) is 38.3 Å². The minimum atomic E-state index is -1.06. The Labute approximate surface area is 178 Å². The van der Waals surface area contributed by atoms with E-state index in [1.54, 1.807) is 12.1 Å². The quantitative estimate of drug-likeness (QED) is 0.601. The van der Waals surface area contributed by atoms with Crippen molar-refractivity contribution >= 4 is 28.5 Å². The summed E-state index contributed by atoms with van der Waals surface area (Å²) in [5, 5.41) is 12.9. The van der Waals surface area contributed by atoms with Gasteiger partial charge in [0.2, 0.25) is 0 Å². The molecular weight excluding hydrogens is 399 g/mol. The molecule has 160 valence electrons. The van der Waals surface area contributed by atoms with Gasteiger partial charge in [0, 0.05) is 31.3 Å². The first kappa shape index (κ1) is 19.5. The number of halogens is 1. The van der Waals surface area contributed by atoms with Gasteiger partial charge in [-0.1, -0.05) is 0 Å². The summed E-state index contributed by atoms with van der Waals surface area (Å²) >= 11 is 0. The number of hydrogen-bond acceptors (Lipinski definition) is 6. The summed E-state index contributed by atoms with van der Waals surface area (Å²) in [6.07, 6.45) is 3.65. The highest BCUT2D eigenvalue weighted by atomic mass is 19.1. The van der Waals surface area contributed by atoms with Gasteiger partial charge in [0.1, 0.15) is 28.5 Å². The first-order chi connectivity index (χ1) is 15.0. The lowest BCUT2D eigenvalue weighted by Gasteiger charge is -2.28. The van der Waals surface area contributed by atoms with Crippen LogP contribution in [0.1, 0.15) is 48.1 Å². The Morgan fingerprint density at radius 1 is 1.29 bits per heavy atom. The van der Waals surface area contributed by atoms with Gasteiger partial charge in [-0.15, -0.1) is 0 Å². The number of carboxylic acids is 1. The number of carbonyl (C=O) groups is 1. The smallest absolute Gasteiger partial charge is 0.339 e. The van der Waals surface area contributed by atoms with E-state index >= 15 is 0 Å². The van der Waals surface area contributed by atoms with Crippen LogP contribution in [0.2, 0.25) is 0 Å². The predicted octanol–water partition coefficient (Wildman–Crippen LogP) is 4.39. The lowest BCUT2D eigenvalue weighted by molar-refractivity contribution is 0.0697. The fourth-order valence-electron chi connectivity index (χ4n) is 4.48. The normalized spacial score (nSPS) is 20.6. The number of anilines is 2. The van der Waals surface area contributed by atoms with Gasteiger partial charge in [0.25, 0.3) is 0 Å². The van der Waals surface area contributed by atoms with E-state index in [1.165, 1.54) is 12.3 Å². The van der Waals surface area contributed by atoms with Crippen LogP contribution in [0.25, 0.3) is 11.0 Å². The van der Waals surface area contributed by atoms with Gasteiger partial charge in [-0.05, 0) is 50.1 Å². The van der Waals surface area contributed by atoms with E-state index < -0.39 is 5.97 Å². The number of nitrogens with one attached hydrogen (secondary N) is 1. The average Bonchev–Trinajstić information content (AvgIpc) is 3.23. The molecule has 8 heteroatoms. The van der Waals surface area contributed by atoms with Crippen LogP contribution in [0, 0.1) is 5.82 Å². The number of fused-ring (bicyclic) bond motifs is 5. The molecule has 0 saturated carbocycles. The molecule has 3 aromatic rings. The second-order valence-electron chi connectivity index (χ2n) is 8.07. The minimum absolute atomic E-state index is 0.0735. The number of benzene rings is 1. The van der Waals surface area contributed by atoms with Crippen molar-refractivity contribution in [3.05, 3.63) is 53.5 Å². The number of nitrogens with zero attached hydrogens (tertiary/aromatic N) is 3. The second-order valence-corrected chi connectivity index (χ2v) is 8.07. The Morgan fingerprint density at radius 3 is 3.00 bits per heavy atom. The molecule has 0 spiro atoms. The molecule has 7 nitrogen and oxygen atoms in total. The van der Waals surface area contributed by atoms with Crippen LogP contribution in [0.5, 0.6) is 5.75 Å². The van der Waals surface area contributed by atoms with Gasteiger partial charge in [0.05, 0.1) is 23.3 Å². The molecule has 5 rings (SSSR count). The standard InChI is InChI=1S/C23H23FN4O3/c1-13-8-9-25-21-16(23(29)30)12-26-17-5-7-20(27-22(17)21)28-10-2-3-18(28)15-11-14(24)4-6-19(15)31-13/h4-7,11-13,18,25H,2-3,8-10H2,1H3,(H,29,30)/t13-,18+/m0/s1. The maximum absolute atomic E-state index is 14.2. The molecule has 2 N–H and O–H groups in total. The van der Waals surface area contributed by atoms with Crippen LogP contribution >= 0.6 is 0 Å². The molecule has 0 radical (unpaired) electrons. The molecule has 1 fully saturated rings. The molecule has 0 amide bonds. The summed E-state index contributed by atoms with van der Waals surface area (Å²) in [5.41, 5.74) is 2.51. The first-order valence-electron chi connectivity index (χ1n) is 10.5. The Balaban J connectivity index is 1.70. The third-order valence-corrected chi connectivity index (χ3v) is 5.99. The van der Waals surface area contributed by atoms with Gasteiger partial charge in [-0.2, -0.15) is 0 Å². The molecule has 2 atom stereocenters. The summed E-state index contributed by atoms with van der Waals surface area (Å²) in [6, 6.07) is 8.35. The fraction of sp³-hybridized carbons (Fsp3) is 0.348. The highest BCUT2D eigenvalue weighted by Gasteiger charge is 2.31. The van der Waals surface area contributed by atoms with Gasteiger partial charge < -0.3 is 20.1 Å². The van der Waals surface area contributed by atoms with Crippen molar-refractivity contribution in [1.29, 1.82) is 0 Å². The van der Waals surface area contributed by atoms with Crippen LogP contribution in [-0.2, 0) is 0 Å². The van der Waals surface area contributed by atoms with Crippen molar-refractivity contribution in [1.82, 2.24) is 9.97 Å². The van der Waals surface area contributed by atoms with E-state index in [4.69, 9.17) is 9.72 Å². The summed E-state index contributed by atoms with van der Waals surface area (Å²) in [7, 11) is 0. The van der Waals surface area contributed by atoms with Crippen molar-refractivity contribution in [2.75, 3.05) is 23.3 Å². The first-order valence-corrected chi connectivity index (χ1v) is 10.5. The zero-order valence-corrected chi connectivity index (χ0v) is 17.1. The molecule has 0 unspecified atom stereocenters. The maximum atomic E-state index is 14.2. The molecule has 2 aliphatic heterocycles. The Kier molecular flexibility index (Phi) is 4.84. The SMILES string of the molecule is C[C@H]1CCNc2c(C(=O)O)cnc3ccc(nc23)N2CCC[C@@H]2c2cc(F)ccc2O1. The second kappa shape index (κ2) is 7.68. The molecule has 1 saturated heterocycles. The summed E-state index contributed by atoms with van der Waals surface area (Å²) in [6.45, 7) is 3.22. The molecule has 2 bridgehead atoms. The van der Waals surface area contributed by atoms with E-state index in [9.17, 15) is 14.3 Å². The molecule has 1 aromatic carbocycles. The van der Waals surface area contributed by atoms with Gasteiger partial charge in [-0.25, -0.2) is 14.2 Å². The monoisotopic (exact) mass is 422 g/mol. The summed E-state index contributed by atoms with van der Waals surface area (Å²) < 4.78 is 20.4. The zero-order valence-electron chi connectivity index (χ0n) is 17.1. The molecule has 4 heterocycles. The van der Waals surface area contributed by atoms with E-state index in [-0.39, 0.29) is 23.5 Å². The van der Waals surface area contributed by atoms with E-state index in [0.29, 0.717) is 41.3 Å². The largest absolute Gasteiger partial charge is 0.490 e. The van der Waals surface area contributed by atoms with Crippen molar-refractivity contribution in [3.8, 4) is 5.75 Å². The van der Waals surface area contributed by atoms with Crippen LogP contribution in [0.4, 0.5) is 15.9 Å². The van der Waals surface area contributed by atoms with Crippen LogP contribution in [-0.4, -0.2) is 40.2 Å². The number of hydrogen-bond donors (Lipinski definition) is 2. The fourth-order valence-corrected chi connectivity index (χ4v) is 4.48. The van der Waals surface area contributed by atoms with Gasteiger partial charge in [0.15, 0.2) is 0 Å². The summed E-state index contributed by atoms with van der Waals surface area (Å²) in [4.78, 5) is 23.1. The summed E-state index contributed by atoms with van der Waals surface area (Å²) in [5.74, 6) is 0.0398. The molecule has 31 heavy (non-hydrogen) atoms. The number of aromatic nitrogens is 2. The molecule has 2 aromatic heterocycles. The Morgan fingerprint density at radius 2 is 2.16 bits per heavy atom. The highest BCUT2D eigenvalue weighted by molar-refractivity contribution is 6.03. The number of ether oxygens (including phenoxy) is 1. The lowest BCUT2D eigenvalue weighted by atomic mass is 10.0. The Bertz CT molecular complexity index is 1170.